The molecule has 4 N–H and O–H groups in total. The molecule has 0 heterocycles. The molecular formula is C10H24N3. The lowest BCUT2D eigenvalue weighted by Gasteiger charge is -2.04. The fourth-order valence-corrected chi connectivity index (χ4v) is 1.07. The Kier molecular flexibility index (Phi) is 11.8. The highest BCUT2D eigenvalue weighted by Gasteiger charge is 1.88. The smallest absolute Gasteiger partial charge is 0.00368 e. The highest BCUT2D eigenvalue weighted by atomic mass is 14.9. The summed E-state index contributed by atoms with van der Waals surface area (Å²) in [6, 6.07) is 0. The SMILES string of the molecule is [CH2]CCCNCCCNCCCN. The Morgan fingerprint density at radius 1 is 0.846 bits per heavy atom. The Morgan fingerprint density at radius 2 is 1.38 bits per heavy atom. The molecule has 3 nitrogen and oxygen atoms in total. The second-order valence-corrected chi connectivity index (χ2v) is 3.20. The fourth-order valence-electron chi connectivity index (χ4n) is 1.07. The third-order valence-electron chi connectivity index (χ3n) is 1.87. The van der Waals surface area contributed by atoms with Crippen LogP contribution in [0.25, 0.3) is 0 Å². The minimum absolute atomic E-state index is 0.786. The van der Waals surface area contributed by atoms with Crippen LogP contribution >= 0.6 is 0 Å². The van der Waals surface area contributed by atoms with Crippen LogP contribution in [0.15, 0.2) is 0 Å². The van der Waals surface area contributed by atoms with Crippen LogP contribution in [-0.2, 0) is 0 Å². The first-order chi connectivity index (χ1) is 6.41. The van der Waals surface area contributed by atoms with Gasteiger partial charge in [0.15, 0.2) is 0 Å². The van der Waals surface area contributed by atoms with Crippen LogP contribution in [0.3, 0.4) is 0 Å². The molecule has 0 aliphatic heterocycles. The summed E-state index contributed by atoms with van der Waals surface area (Å²) in [5.74, 6) is 0. The molecule has 0 aromatic heterocycles. The van der Waals surface area contributed by atoms with E-state index in [0.717, 1.165) is 45.6 Å². The molecule has 0 saturated heterocycles. The van der Waals surface area contributed by atoms with E-state index in [-0.39, 0.29) is 0 Å². The summed E-state index contributed by atoms with van der Waals surface area (Å²) in [7, 11) is 0. The van der Waals surface area contributed by atoms with E-state index < -0.39 is 0 Å². The lowest BCUT2D eigenvalue weighted by molar-refractivity contribution is 0.579. The minimum Gasteiger partial charge on any atom is -0.330 e. The van der Waals surface area contributed by atoms with Crippen molar-refractivity contribution in [1.82, 2.24) is 10.6 Å². The van der Waals surface area contributed by atoms with Crippen molar-refractivity contribution in [3.05, 3.63) is 6.92 Å². The Hall–Kier alpha value is -0.120. The van der Waals surface area contributed by atoms with E-state index in [1.54, 1.807) is 0 Å². The maximum atomic E-state index is 5.37. The first-order valence-electron chi connectivity index (χ1n) is 5.32. The fraction of sp³-hybridized carbons (Fsp3) is 0.900. The third kappa shape index (κ3) is 11.9. The number of rotatable bonds is 10. The number of nitrogens with one attached hydrogen (secondary N) is 2. The second kappa shape index (κ2) is 11.9. The van der Waals surface area contributed by atoms with Gasteiger partial charge in [-0.05, 0) is 52.0 Å². The van der Waals surface area contributed by atoms with Crippen molar-refractivity contribution in [3.63, 3.8) is 0 Å². The van der Waals surface area contributed by atoms with Crippen molar-refractivity contribution in [3.8, 4) is 0 Å². The van der Waals surface area contributed by atoms with Gasteiger partial charge in [0.2, 0.25) is 0 Å². The molecule has 0 aromatic rings. The lowest BCUT2D eigenvalue weighted by Crippen LogP contribution is -2.24. The van der Waals surface area contributed by atoms with E-state index >= 15 is 0 Å². The summed E-state index contributed by atoms with van der Waals surface area (Å²) in [5, 5.41) is 6.72. The Balaban J connectivity index is 2.76. The van der Waals surface area contributed by atoms with E-state index in [0.29, 0.717) is 0 Å². The van der Waals surface area contributed by atoms with Gasteiger partial charge in [0.1, 0.15) is 0 Å². The Labute approximate surface area is 82.5 Å². The zero-order chi connectivity index (χ0) is 9.78. The quantitative estimate of drug-likeness (QED) is 0.436. The maximum Gasteiger partial charge on any atom is -0.00368 e. The molecule has 0 aliphatic carbocycles. The average Bonchev–Trinajstić information content (AvgIpc) is 2.16. The van der Waals surface area contributed by atoms with Gasteiger partial charge in [0, 0.05) is 0 Å². The van der Waals surface area contributed by atoms with Crippen LogP contribution in [-0.4, -0.2) is 32.7 Å². The molecule has 0 fully saturated rings. The molecule has 1 radical (unpaired) electrons. The van der Waals surface area contributed by atoms with E-state index in [1.165, 1.54) is 12.8 Å². The standard InChI is InChI=1S/C10H24N3/c1-2-3-7-12-9-5-10-13-8-4-6-11/h12-13H,1-11H2. The first kappa shape index (κ1) is 12.9. The summed E-state index contributed by atoms with van der Waals surface area (Å²) >= 11 is 0. The van der Waals surface area contributed by atoms with E-state index in [9.17, 15) is 0 Å². The highest BCUT2D eigenvalue weighted by Crippen LogP contribution is 1.82. The van der Waals surface area contributed by atoms with Gasteiger partial charge in [-0.1, -0.05) is 13.3 Å². The molecule has 0 aliphatic rings. The second-order valence-electron chi connectivity index (χ2n) is 3.20. The first-order valence-corrected chi connectivity index (χ1v) is 5.32. The van der Waals surface area contributed by atoms with Gasteiger partial charge in [-0.3, -0.25) is 0 Å². The van der Waals surface area contributed by atoms with Crippen molar-refractivity contribution in [2.75, 3.05) is 32.7 Å². The molecular weight excluding hydrogens is 162 g/mol. The van der Waals surface area contributed by atoms with Gasteiger partial charge in [-0.25, -0.2) is 0 Å². The molecule has 79 valence electrons. The van der Waals surface area contributed by atoms with Crippen LogP contribution in [0.4, 0.5) is 0 Å². The topological polar surface area (TPSA) is 50.1 Å². The van der Waals surface area contributed by atoms with Gasteiger partial charge in [0.25, 0.3) is 0 Å². The number of hydrogen-bond acceptors (Lipinski definition) is 3. The van der Waals surface area contributed by atoms with Crippen LogP contribution in [0.2, 0.25) is 0 Å². The van der Waals surface area contributed by atoms with Crippen molar-refractivity contribution >= 4 is 0 Å². The maximum absolute atomic E-state index is 5.37. The summed E-state index contributed by atoms with van der Waals surface area (Å²) in [4.78, 5) is 0. The number of hydrogen-bond donors (Lipinski definition) is 3. The molecule has 0 amide bonds. The van der Waals surface area contributed by atoms with E-state index in [1.807, 2.05) is 0 Å². The summed E-state index contributed by atoms with van der Waals surface area (Å²) < 4.78 is 0. The van der Waals surface area contributed by atoms with Gasteiger partial charge in [-0.15, -0.1) is 0 Å². The minimum atomic E-state index is 0.786. The van der Waals surface area contributed by atoms with Crippen molar-refractivity contribution in [1.29, 1.82) is 0 Å². The molecule has 0 saturated carbocycles. The van der Waals surface area contributed by atoms with Gasteiger partial charge in [0.05, 0.1) is 0 Å². The monoisotopic (exact) mass is 186 g/mol. The molecule has 0 spiro atoms. The molecule has 0 atom stereocenters. The highest BCUT2D eigenvalue weighted by molar-refractivity contribution is 4.53. The zero-order valence-corrected chi connectivity index (χ0v) is 8.65. The van der Waals surface area contributed by atoms with Crippen LogP contribution in [0.1, 0.15) is 25.7 Å². The largest absolute Gasteiger partial charge is 0.330 e. The Morgan fingerprint density at radius 3 is 1.92 bits per heavy atom. The van der Waals surface area contributed by atoms with Crippen LogP contribution in [0, 0.1) is 6.92 Å². The van der Waals surface area contributed by atoms with E-state index in [4.69, 9.17) is 5.73 Å². The van der Waals surface area contributed by atoms with E-state index in [2.05, 4.69) is 17.6 Å². The van der Waals surface area contributed by atoms with Crippen molar-refractivity contribution in [2.45, 2.75) is 25.7 Å². The predicted molar refractivity (Wildman–Crippen MR) is 58.6 cm³/mol. The third-order valence-corrected chi connectivity index (χ3v) is 1.87. The molecule has 13 heavy (non-hydrogen) atoms. The van der Waals surface area contributed by atoms with Crippen molar-refractivity contribution in [2.24, 2.45) is 5.73 Å². The predicted octanol–water partition coefficient (Wildman–Crippen LogP) is 0.519. The summed E-state index contributed by atoms with van der Waals surface area (Å²) in [6.45, 7) is 8.93. The zero-order valence-electron chi connectivity index (χ0n) is 8.65. The van der Waals surface area contributed by atoms with Crippen LogP contribution in [0.5, 0.6) is 0 Å². The van der Waals surface area contributed by atoms with Crippen LogP contribution < -0.4 is 16.4 Å². The average molecular weight is 186 g/mol. The van der Waals surface area contributed by atoms with Gasteiger partial charge < -0.3 is 16.4 Å². The molecule has 0 unspecified atom stereocenters. The molecule has 0 bridgehead atoms. The molecule has 0 rings (SSSR count). The molecule has 3 heteroatoms. The lowest BCUT2D eigenvalue weighted by atomic mass is 10.3. The normalized spacial score (nSPS) is 10.6. The van der Waals surface area contributed by atoms with Gasteiger partial charge >= 0.3 is 0 Å². The number of nitrogens with two attached hydrogens (primary N) is 1. The van der Waals surface area contributed by atoms with Gasteiger partial charge in [-0.2, -0.15) is 0 Å². The summed E-state index contributed by atoms with van der Waals surface area (Å²) in [5.41, 5.74) is 5.37. The Bertz CT molecular complexity index is 76.2. The summed E-state index contributed by atoms with van der Waals surface area (Å²) in [6.07, 6.45) is 4.49. The van der Waals surface area contributed by atoms with Crippen molar-refractivity contribution < 1.29 is 0 Å². The molecule has 0 aromatic carbocycles. The number of unbranched alkanes of at least 4 members (excludes halogenated alkanes) is 1.